The van der Waals surface area contributed by atoms with Crippen LogP contribution in [0.1, 0.15) is 12.5 Å². The maximum absolute atomic E-state index is 8.80. The predicted octanol–water partition coefficient (Wildman–Crippen LogP) is 3.01. The molecule has 0 aliphatic heterocycles. The van der Waals surface area contributed by atoms with Gasteiger partial charge < -0.3 is 5.21 Å². The summed E-state index contributed by atoms with van der Waals surface area (Å²) in [6.45, 7) is 2.39. The second kappa shape index (κ2) is 6.44. The molecule has 4 nitrogen and oxygen atoms in total. The van der Waals surface area contributed by atoms with E-state index >= 15 is 0 Å². The number of hydrazine groups is 1. The van der Waals surface area contributed by atoms with E-state index in [1.807, 2.05) is 53.5 Å². The number of nitrogens with zero attached hydrogens (tertiary/aromatic N) is 2. The van der Waals surface area contributed by atoms with Crippen molar-refractivity contribution in [3.05, 3.63) is 66.2 Å². The van der Waals surface area contributed by atoms with Gasteiger partial charge in [-0.1, -0.05) is 53.7 Å². The molecule has 2 aromatic carbocycles. The van der Waals surface area contributed by atoms with E-state index in [4.69, 9.17) is 5.21 Å². The van der Waals surface area contributed by atoms with Gasteiger partial charge in [0.05, 0.1) is 12.2 Å². The minimum absolute atomic E-state index is 0.444. The van der Waals surface area contributed by atoms with E-state index in [-0.39, 0.29) is 0 Å². The second-order valence-corrected chi connectivity index (χ2v) is 4.20. The Bertz CT molecular complexity index is 526. The molecule has 0 amide bonds. The number of amidine groups is 1. The van der Waals surface area contributed by atoms with Gasteiger partial charge >= 0.3 is 0 Å². The average molecular weight is 255 g/mol. The third-order valence-electron chi connectivity index (χ3n) is 2.70. The molecular formula is C15H17N3O. The monoisotopic (exact) mass is 255 g/mol. The van der Waals surface area contributed by atoms with Crippen LogP contribution >= 0.6 is 0 Å². The summed E-state index contributed by atoms with van der Waals surface area (Å²) in [5.41, 5.74) is 5.24. The van der Waals surface area contributed by atoms with E-state index in [0.717, 1.165) is 5.69 Å². The van der Waals surface area contributed by atoms with E-state index in [9.17, 15) is 0 Å². The first-order valence-corrected chi connectivity index (χ1v) is 6.11. The highest BCUT2D eigenvalue weighted by Gasteiger charge is 2.07. The molecular weight excluding hydrogens is 238 g/mol. The van der Waals surface area contributed by atoms with Crippen molar-refractivity contribution in [1.29, 1.82) is 0 Å². The van der Waals surface area contributed by atoms with Crippen LogP contribution in [0.15, 0.2) is 65.8 Å². The third-order valence-corrected chi connectivity index (χ3v) is 2.70. The lowest BCUT2D eigenvalue weighted by atomic mass is 10.2. The molecule has 0 aliphatic rings. The quantitative estimate of drug-likeness (QED) is 0.382. The Balaban J connectivity index is 2.20. The van der Waals surface area contributed by atoms with E-state index in [1.165, 1.54) is 5.56 Å². The van der Waals surface area contributed by atoms with Crippen molar-refractivity contribution in [3.63, 3.8) is 0 Å². The van der Waals surface area contributed by atoms with Crippen LogP contribution in [0.3, 0.4) is 0 Å². The number of oxime groups is 1. The predicted molar refractivity (Wildman–Crippen MR) is 77.1 cm³/mol. The Hall–Kier alpha value is -2.49. The summed E-state index contributed by atoms with van der Waals surface area (Å²) in [5, 5.41) is 13.9. The van der Waals surface area contributed by atoms with Gasteiger partial charge in [-0.15, -0.1) is 0 Å². The van der Waals surface area contributed by atoms with Crippen molar-refractivity contribution in [2.24, 2.45) is 5.16 Å². The minimum Gasteiger partial charge on any atom is -0.409 e. The van der Waals surface area contributed by atoms with Crippen LogP contribution in [-0.4, -0.2) is 11.0 Å². The zero-order chi connectivity index (χ0) is 13.5. The topological polar surface area (TPSA) is 47.9 Å². The molecule has 98 valence electrons. The van der Waals surface area contributed by atoms with Crippen molar-refractivity contribution in [3.8, 4) is 0 Å². The average Bonchev–Trinajstić information content (AvgIpc) is 2.48. The number of benzene rings is 2. The first-order valence-electron chi connectivity index (χ1n) is 6.11. The molecule has 0 bridgehead atoms. The highest BCUT2D eigenvalue weighted by molar-refractivity contribution is 5.80. The van der Waals surface area contributed by atoms with Gasteiger partial charge in [-0.25, -0.2) is 0 Å². The molecule has 0 saturated carbocycles. The molecule has 19 heavy (non-hydrogen) atoms. The van der Waals surface area contributed by atoms with Crippen LogP contribution in [0.25, 0.3) is 0 Å². The van der Waals surface area contributed by atoms with Crippen LogP contribution in [0, 0.1) is 0 Å². The van der Waals surface area contributed by atoms with Crippen LogP contribution in [-0.2, 0) is 6.54 Å². The molecule has 0 atom stereocenters. The fourth-order valence-corrected chi connectivity index (χ4v) is 1.79. The van der Waals surface area contributed by atoms with E-state index in [0.29, 0.717) is 12.4 Å². The molecule has 4 heteroatoms. The summed E-state index contributed by atoms with van der Waals surface area (Å²) >= 11 is 0. The molecule has 0 aliphatic carbocycles. The van der Waals surface area contributed by atoms with Gasteiger partial charge in [-0.3, -0.25) is 10.4 Å². The zero-order valence-corrected chi connectivity index (χ0v) is 10.8. The van der Waals surface area contributed by atoms with Crippen LogP contribution in [0.5, 0.6) is 0 Å². The lowest BCUT2D eigenvalue weighted by molar-refractivity contribution is 0.315. The molecule has 2 N–H and O–H groups in total. The van der Waals surface area contributed by atoms with Gasteiger partial charge in [-0.05, 0) is 24.6 Å². The molecule has 0 aromatic heterocycles. The first-order chi connectivity index (χ1) is 9.29. The van der Waals surface area contributed by atoms with E-state index < -0.39 is 0 Å². The van der Waals surface area contributed by atoms with E-state index in [2.05, 4.69) is 22.7 Å². The Kier molecular flexibility index (Phi) is 4.39. The minimum atomic E-state index is 0.444. The SMILES string of the molecule is CC(=NO)NN(Cc1ccccc1)c1ccccc1. The highest BCUT2D eigenvalue weighted by Crippen LogP contribution is 2.14. The Morgan fingerprint density at radius 3 is 2.21 bits per heavy atom. The van der Waals surface area contributed by atoms with Crippen molar-refractivity contribution < 1.29 is 5.21 Å². The standard InChI is InChI=1S/C15H17N3O/c1-13(17-19)16-18(15-10-6-3-7-11-15)12-14-8-4-2-5-9-14/h2-11,19H,12H2,1H3,(H,16,17). The van der Waals surface area contributed by atoms with Gasteiger partial charge in [0.15, 0.2) is 5.84 Å². The third kappa shape index (κ3) is 3.74. The van der Waals surface area contributed by atoms with Gasteiger partial charge in [-0.2, -0.15) is 0 Å². The summed E-state index contributed by atoms with van der Waals surface area (Å²) in [6.07, 6.45) is 0. The number of para-hydroxylation sites is 1. The fourth-order valence-electron chi connectivity index (χ4n) is 1.79. The fraction of sp³-hybridized carbons (Fsp3) is 0.133. The largest absolute Gasteiger partial charge is 0.409 e. The molecule has 0 heterocycles. The summed E-state index contributed by atoms with van der Waals surface area (Å²) in [4.78, 5) is 0. The molecule has 2 rings (SSSR count). The van der Waals surface area contributed by atoms with Gasteiger partial charge in [0, 0.05) is 0 Å². The van der Waals surface area contributed by atoms with Crippen molar-refractivity contribution >= 4 is 11.5 Å². The molecule has 0 fully saturated rings. The maximum Gasteiger partial charge on any atom is 0.157 e. The Morgan fingerprint density at radius 2 is 1.63 bits per heavy atom. The van der Waals surface area contributed by atoms with Crippen molar-refractivity contribution in [2.75, 3.05) is 5.01 Å². The zero-order valence-electron chi connectivity index (χ0n) is 10.8. The molecule has 0 unspecified atom stereocenters. The molecule has 0 radical (unpaired) electrons. The number of rotatable bonds is 4. The lowest BCUT2D eigenvalue weighted by Gasteiger charge is -2.25. The molecule has 2 aromatic rings. The Labute approximate surface area is 113 Å². The van der Waals surface area contributed by atoms with Gasteiger partial charge in [0.2, 0.25) is 0 Å². The number of hydrogen-bond donors (Lipinski definition) is 2. The van der Waals surface area contributed by atoms with Crippen LogP contribution in [0.4, 0.5) is 5.69 Å². The van der Waals surface area contributed by atoms with Crippen molar-refractivity contribution in [1.82, 2.24) is 5.43 Å². The first kappa shape index (κ1) is 13.0. The number of nitrogens with one attached hydrogen (secondary N) is 1. The summed E-state index contributed by atoms with van der Waals surface area (Å²) in [7, 11) is 0. The van der Waals surface area contributed by atoms with E-state index in [1.54, 1.807) is 6.92 Å². The maximum atomic E-state index is 8.80. The lowest BCUT2D eigenvalue weighted by Crippen LogP contribution is -2.40. The van der Waals surface area contributed by atoms with Crippen LogP contribution < -0.4 is 10.4 Å². The van der Waals surface area contributed by atoms with Crippen molar-refractivity contribution in [2.45, 2.75) is 13.5 Å². The number of hydrogen-bond acceptors (Lipinski definition) is 3. The second-order valence-electron chi connectivity index (χ2n) is 4.20. The van der Waals surface area contributed by atoms with Gasteiger partial charge in [0.25, 0.3) is 0 Å². The number of anilines is 1. The normalized spacial score (nSPS) is 11.1. The smallest absolute Gasteiger partial charge is 0.157 e. The Morgan fingerprint density at radius 1 is 1.05 bits per heavy atom. The van der Waals surface area contributed by atoms with Gasteiger partial charge in [0.1, 0.15) is 0 Å². The summed E-state index contributed by atoms with van der Waals surface area (Å²) < 4.78 is 0. The molecule has 0 saturated heterocycles. The summed E-state index contributed by atoms with van der Waals surface area (Å²) in [6, 6.07) is 20.0. The summed E-state index contributed by atoms with van der Waals surface area (Å²) in [5.74, 6) is 0.444. The highest BCUT2D eigenvalue weighted by atomic mass is 16.4. The van der Waals surface area contributed by atoms with Crippen LogP contribution in [0.2, 0.25) is 0 Å². The molecule has 0 spiro atoms.